The number of halogens is 3. The van der Waals surface area contributed by atoms with Crippen molar-refractivity contribution in [2.75, 3.05) is 13.1 Å². The molecule has 1 fully saturated rings. The zero-order chi connectivity index (χ0) is 24.0. The molecule has 4 heterocycles. The van der Waals surface area contributed by atoms with Crippen LogP contribution < -0.4 is 0 Å². The number of likely N-dealkylation sites (tertiary alicyclic amines) is 1. The third-order valence-electron chi connectivity index (χ3n) is 5.70. The van der Waals surface area contributed by atoms with E-state index < -0.39 is 22.0 Å². The maximum absolute atomic E-state index is 13.0. The zero-order valence-electron chi connectivity index (χ0n) is 17.4. The van der Waals surface area contributed by atoms with E-state index in [1.165, 1.54) is 4.88 Å². The van der Waals surface area contributed by atoms with E-state index >= 15 is 0 Å². The summed E-state index contributed by atoms with van der Waals surface area (Å²) in [5.41, 5.74) is 3.03. The molecule has 1 saturated heterocycles. The maximum atomic E-state index is 13.0. The van der Waals surface area contributed by atoms with Crippen molar-refractivity contribution in [3.05, 3.63) is 58.5 Å². The number of benzene rings is 1. The molecule has 0 spiro atoms. The van der Waals surface area contributed by atoms with Crippen LogP contribution in [0.25, 0.3) is 11.1 Å². The molecular weight excluding hydrogens is 479 g/mol. The Hall–Kier alpha value is -2.70. The second-order valence-electron chi connectivity index (χ2n) is 7.92. The first-order valence-corrected chi connectivity index (χ1v) is 12.3. The molecule has 2 atom stereocenters. The van der Waals surface area contributed by atoms with Gasteiger partial charge in [0.2, 0.25) is 0 Å². The lowest BCUT2D eigenvalue weighted by Crippen LogP contribution is -2.25. The number of thiophene rings is 1. The van der Waals surface area contributed by atoms with Gasteiger partial charge >= 0.3 is 12.1 Å². The van der Waals surface area contributed by atoms with Crippen LogP contribution in [0.1, 0.15) is 16.4 Å². The number of rotatable bonds is 3. The zero-order valence-corrected chi connectivity index (χ0v) is 19.0. The Kier molecular flexibility index (Phi) is 6.10. The first kappa shape index (κ1) is 23.5. The minimum atomic E-state index is -5.08. The minimum absolute atomic E-state index is 0.0617. The van der Waals surface area contributed by atoms with Gasteiger partial charge < -0.3 is 5.11 Å². The summed E-state index contributed by atoms with van der Waals surface area (Å²) in [7, 11) is -1.36. The lowest BCUT2D eigenvalue weighted by molar-refractivity contribution is -0.192. The summed E-state index contributed by atoms with van der Waals surface area (Å²) in [6, 6.07) is 9.90. The van der Waals surface area contributed by atoms with Crippen LogP contribution in [0.5, 0.6) is 0 Å². The van der Waals surface area contributed by atoms with Crippen LogP contribution in [0.2, 0.25) is 0 Å². The summed E-state index contributed by atoms with van der Waals surface area (Å²) < 4.78 is 59.6. The van der Waals surface area contributed by atoms with E-state index in [4.69, 9.17) is 9.90 Å². The average Bonchev–Trinajstić information content (AvgIpc) is 3.51. The molecule has 2 aliphatic rings. The number of carboxylic acid groups (broad SMARTS) is 1. The van der Waals surface area contributed by atoms with Crippen LogP contribution in [-0.2, 0) is 28.2 Å². The second kappa shape index (κ2) is 8.58. The first-order valence-electron chi connectivity index (χ1n) is 9.88. The fourth-order valence-electron chi connectivity index (χ4n) is 4.23. The van der Waals surface area contributed by atoms with E-state index in [0.29, 0.717) is 11.4 Å². The molecule has 33 heavy (non-hydrogen) atoms. The van der Waals surface area contributed by atoms with Crippen molar-refractivity contribution in [1.82, 2.24) is 14.7 Å². The molecule has 2 unspecified atom stereocenters. The number of nitrogens with zero attached hydrogens (tertiary/aromatic N) is 3. The van der Waals surface area contributed by atoms with Crippen molar-refractivity contribution in [3.8, 4) is 11.1 Å². The van der Waals surface area contributed by atoms with E-state index in [0.717, 1.165) is 29.8 Å². The number of aryl methyl sites for hydroxylation is 1. The number of aliphatic carboxylic acids is 1. The highest BCUT2D eigenvalue weighted by molar-refractivity contribution is 7.92. The highest BCUT2D eigenvalue weighted by atomic mass is 32.2. The number of fused-ring (bicyclic) bond motifs is 3. The summed E-state index contributed by atoms with van der Waals surface area (Å²) in [5.74, 6) is -2.70. The molecule has 5 rings (SSSR count). The molecule has 7 nitrogen and oxygen atoms in total. The Balaban J connectivity index is 0.000000325. The van der Waals surface area contributed by atoms with Gasteiger partial charge in [-0.3, -0.25) is 9.58 Å². The predicted octanol–water partition coefficient (Wildman–Crippen LogP) is 3.54. The van der Waals surface area contributed by atoms with Crippen LogP contribution in [0.3, 0.4) is 0 Å². The molecule has 12 heteroatoms. The molecule has 0 aliphatic carbocycles. The summed E-state index contributed by atoms with van der Waals surface area (Å²) in [6.07, 6.45) is -1.30. The van der Waals surface area contributed by atoms with Crippen LogP contribution >= 0.6 is 11.3 Å². The molecule has 1 N–H and O–H groups in total. The van der Waals surface area contributed by atoms with Gasteiger partial charge in [-0.1, -0.05) is 12.1 Å². The first-order chi connectivity index (χ1) is 15.5. The van der Waals surface area contributed by atoms with Crippen molar-refractivity contribution < 1.29 is 31.5 Å². The summed E-state index contributed by atoms with van der Waals surface area (Å²) in [5, 5.41) is 13.1. The number of sulfone groups is 1. The van der Waals surface area contributed by atoms with Gasteiger partial charge in [-0.05, 0) is 34.7 Å². The number of hydrogen-bond donors (Lipinski definition) is 1. The maximum Gasteiger partial charge on any atom is 0.490 e. The largest absolute Gasteiger partial charge is 0.490 e. The van der Waals surface area contributed by atoms with E-state index in [1.54, 1.807) is 22.1 Å². The van der Waals surface area contributed by atoms with Crippen molar-refractivity contribution >= 4 is 27.1 Å². The number of hydrogen-bond acceptors (Lipinski definition) is 6. The molecule has 2 aliphatic heterocycles. The smallest absolute Gasteiger partial charge is 0.475 e. The van der Waals surface area contributed by atoms with Gasteiger partial charge in [-0.25, -0.2) is 13.2 Å². The van der Waals surface area contributed by atoms with Crippen molar-refractivity contribution in [3.63, 3.8) is 0 Å². The topological polar surface area (TPSA) is 92.5 Å². The third kappa shape index (κ3) is 4.68. The summed E-state index contributed by atoms with van der Waals surface area (Å²) in [6.45, 7) is 2.24. The van der Waals surface area contributed by atoms with Gasteiger partial charge in [0.15, 0.2) is 9.84 Å². The Bertz CT molecular complexity index is 1270. The Labute approximate surface area is 192 Å². The number of alkyl halides is 3. The molecule has 0 radical (unpaired) electrons. The molecule has 0 bridgehead atoms. The molecule has 3 aromatic rings. The molecule has 176 valence electrons. The summed E-state index contributed by atoms with van der Waals surface area (Å²) >= 11 is 1.73. The van der Waals surface area contributed by atoms with Gasteiger partial charge in [0.1, 0.15) is 0 Å². The van der Waals surface area contributed by atoms with Gasteiger partial charge in [-0.15, -0.1) is 11.3 Å². The quantitative estimate of drug-likeness (QED) is 0.593. The Morgan fingerprint density at radius 2 is 1.97 bits per heavy atom. The molecule has 0 saturated carbocycles. The van der Waals surface area contributed by atoms with Crippen LogP contribution in [-0.4, -0.2) is 58.7 Å². The molecular formula is C21H20F3N3O4S2. The molecule has 1 aromatic carbocycles. The fraction of sp³-hybridized carbons (Fsp3) is 0.333. The van der Waals surface area contributed by atoms with Gasteiger partial charge in [0.25, 0.3) is 0 Å². The highest BCUT2D eigenvalue weighted by Gasteiger charge is 2.50. The molecule has 2 aromatic heterocycles. The number of aromatic nitrogens is 2. The van der Waals surface area contributed by atoms with E-state index in [-0.39, 0.29) is 11.2 Å². The van der Waals surface area contributed by atoms with Gasteiger partial charge in [0.05, 0.1) is 16.3 Å². The van der Waals surface area contributed by atoms with E-state index in [2.05, 4.69) is 27.5 Å². The third-order valence-corrected chi connectivity index (χ3v) is 8.82. The van der Waals surface area contributed by atoms with Crippen molar-refractivity contribution in [1.29, 1.82) is 0 Å². The highest BCUT2D eigenvalue weighted by Crippen LogP contribution is 2.46. The normalized spacial score (nSPS) is 21.2. The minimum Gasteiger partial charge on any atom is -0.475 e. The average molecular weight is 500 g/mol. The molecule has 0 amide bonds. The summed E-state index contributed by atoms with van der Waals surface area (Å²) in [4.78, 5) is 13.0. The van der Waals surface area contributed by atoms with Gasteiger partial charge in [0, 0.05) is 49.2 Å². The Morgan fingerprint density at radius 3 is 2.55 bits per heavy atom. The fourth-order valence-corrected chi connectivity index (χ4v) is 7.17. The van der Waals surface area contributed by atoms with E-state index in [1.807, 2.05) is 31.6 Å². The van der Waals surface area contributed by atoms with E-state index in [9.17, 15) is 21.6 Å². The van der Waals surface area contributed by atoms with Crippen molar-refractivity contribution in [2.45, 2.75) is 28.8 Å². The lowest BCUT2D eigenvalue weighted by atomic mass is 9.95. The van der Waals surface area contributed by atoms with Crippen LogP contribution in [0, 0.1) is 0 Å². The van der Waals surface area contributed by atoms with Crippen molar-refractivity contribution in [2.24, 2.45) is 7.05 Å². The standard InChI is InChI=1S/C19H19N3O2S2.C2HF3O2/c1-21-9-14(8-20-21)13-4-5-18-16(7-13)17-11-22(10-15-3-2-6-25-15)12-19(17)26(18,23)24;3-2(4,5)1(6)7/h2-9,17,19H,10-12H2,1H3;(H,6,7). The SMILES string of the molecule is Cn1cc(-c2ccc3c(c2)C2CN(Cc4cccs4)CC2S3(=O)=O)cn1.O=C(O)C(F)(F)F. The Morgan fingerprint density at radius 1 is 1.24 bits per heavy atom. The number of carboxylic acids is 1. The second-order valence-corrected chi connectivity index (χ2v) is 11.1. The monoisotopic (exact) mass is 499 g/mol. The lowest BCUT2D eigenvalue weighted by Gasteiger charge is -2.16. The van der Waals surface area contributed by atoms with Crippen LogP contribution in [0.4, 0.5) is 13.2 Å². The predicted molar refractivity (Wildman–Crippen MR) is 116 cm³/mol. The van der Waals surface area contributed by atoms with Gasteiger partial charge in [-0.2, -0.15) is 18.3 Å². The number of carbonyl (C=O) groups is 1. The van der Waals surface area contributed by atoms with Crippen LogP contribution in [0.15, 0.2) is 53.0 Å².